The number of hydrogen-bond donors (Lipinski definition) is 0. The number of hydrogen-bond acceptors (Lipinski definition) is 4. The Morgan fingerprint density at radius 2 is 1.96 bits per heavy atom. The first-order valence-electron chi connectivity index (χ1n) is 7.85. The van der Waals surface area contributed by atoms with Gasteiger partial charge in [-0.05, 0) is 39.7 Å². The lowest BCUT2D eigenvalue weighted by Gasteiger charge is -2.27. The molecule has 1 heterocycles. The third-order valence-electron chi connectivity index (χ3n) is 3.92. The molecule has 126 valence electrons. The van der Waals surface area contributed by atoms with E-state index in [0.29, 0.717) is 13.0 Å². The van der Waals surface area contributed by atoms with Crippen molar-refractivity contribution < 1.29 is 19.1 Å². The number of amides is 1. The molecule has 1 aromatic rings. The van der Waals surface area contributed by atoms with Gasteiger partial charge in [-0.25, -0.2) is 9.59 Å². The molecule has 0 unspecified atom stereocenters. The Morgan fingerprint density at radius 1 is 1.26 bits per heavy atom. The summed E-state index contributed by atoms with van der Waals surface area (Å²) in [7, 11) is 1.34. The Kier molecular flexibility index (Phi) is 4.97. The van der Waals surface area contributed by atoms with Crippen molar-refractivity contribution in [2.24, 2.45) is 0 Å². The van der Waals surface area contributed by atoms with Gasteiger partial charge in [-0.2, -0.15) is 0 Å². The highest BCUT2D eigenvalue weighted by atomic mass is 16.6. The summed E-state index contributed by atoms with van der Waals surface area (Å²) in [6, 6.07) is 7.55. The molecule has 0 aliphatic carbocycles. The quantitative estimate of drug-likeness (QED) is 0.785. The molecule has 1 fully saturated rings. The van der Waals surface area contributed by atoms with E-state index < -0.39 is 23.7 Å². The van der Waals surface area contributed by atoms with Crippen molar-refractivity contribution in [1.82, 2.24) is 4.90 Å². The lowest BCUT2D eigenvalue weighted by molar-refractivity contribution is -0.145. The van der Waals surface area contributed by atoms with Crippen LogP contribution in [0.3, 0.4) is 0 Å². The van der Waals surface area contributed by atoms with Gasteiger partial charge >= 0.3 is 12.1 Å². The van der Waals surface area contributed by atoms with Gasteiger partial charge in [0.15, 0.2) is 0 Å². The summed E-state index contributed by atoms with van der Waals surface area (Å²) < 4.78 is 10.3. The first kappa shape index (κ1) is 17.3. The summed E-state index contributed by atoms with van der Waals surface area (Å²) >= 11 is 0. The zero-order chi connectivity index (χ0) is 17.2. The van der Waals surface area contributed by atoms with E-state index in [1.54, 1.807) is 0 Å². The number of rotatable bonds is 2. The summed E-state index contributed by atoms with van der Waals surface area (Å²) in [5.41, 5.74) is 1.69. The SMILES string of the molecule is COC(=O)[C@@H]1C[C@H](c2cccc(C)c2)CN1C(=O)OC(C)(C)C. The fraction of sp³-hybridized carbons (Fsp3) is 0.556. The summed E-state index contributed by atoms with van der Waals surface area (Å²) in [6.07, 6.45) is 0.0816. The molecule has 2 rings (SSSR count). The molecule has 0 aromatic heterocycles. The fourth-order valence-electron chi connectivity index (χ4n) is 2.88. The first-order valence-corrected chi connectivity index (χ1v) is 7.85. The van der Waals surface area contributed by atoms with Crippen molar-refractivity contribution in [3.63, 3.8) is 0 Å². The van der Waals surface area contributed by atoms with Crippen molar-refractivity contribution in [2.75, 3.05) is 13.7 Å². The summed E-state index contributed by atoms with van der Waals surface area (Å²) in [4.78, 5) is 26.0. The standard InChI is InChI=1S/C18H25NO4/c1-12-7-6-8-13(9-12)14-10-15(16(20)22-5)19(11-14)17(21)23-18(2,3)4/h6-9,14-15H,10-11H2,1-5H3/t14-,15-/m0/s1. The molecule has 0 saturated carbocycles. The van der Waals surface area contributed by atoms with Gasteiger partial charge in [-0.15, -0.1) is 0 Å². The van der Waals surface area contributed by atoms with E-state index in [2.05, 4.69) is 6.07 Å². The van der Waals surface area contributed by atoms with Crippen LogP contribution in [0.2, 0.25) is 0 Å². The molecule has 0 radical (unpaired) electrons. The summed E-state index contributed by atoms with van der Waals surface area (Å²) in [5.74, 6) is -0.294. The molecule has 0 spiro atoms. The van der Waals surface area contributed by atoms with Gasteiger partial charge in [0.1, 0.15) is 11.6 Å². The Balaban J connectivity index is 2.22. The molecule has 1 saturated heterocycles. The van der Waals surface area contributed by atoms with Crippen molar-refractivity contribution in [1.29, 1.82) is 0 Å². The number of methoxy groups -OCH3 is 1. The molecule has 2 atom stereocenters. The monoisotopic (exact) mass is 319 g/mol. The molecular formula is C18H25NO4. The molecule has 0 bridgehead atoms. The highest BCUT2D eigenvalue weighted by Gasteiger charge is 2.42. The van der Waals surface area contributed by atoms with Crippen LogP contribution in [0.15, 0.2) is 24.3 Å². The second-order valence-electron chi connectivity index (χ2n) is 7.02. The van der Waals surface area contributed by atoms with Gasteiger partial charge in [0.25, 0.3) is 0 Å². The smallest absolute Gasteiger partial charge is 0.411 e. The lowest BCUT2D eigenvalue weighted by Crippen LogP contribution is -2.43. The van der Waals surface area contributed by atoms with Crippen LogP contribution in [0.4, 0.5) is 4.79 Å². The second kappa shape index (κ2) is 6.60. The van der Waals surface area contributed by atoms with Crippen molar-refractivity contribution >= 4 is 12.1 Å². The predicted molar refractivity (Wildman–Crippen MR) is 87.3 cm³/mol. The third kappa shape index (κ3) is 4.24. The maximum atomic E-state index is 12.4. The van der Waals surface area contributed by atoms with Crippen molar-refractivity contribution in [3.8, 4) is 0 Å². The molecule has 1 aliphatic heterocycles. The molecule has 1 amide bonds. The van der Waals surface area contributed by atoms with Crippen LogP contribution in [-0.2, 0) is 14.3 Å². The zero-order valence-electron chi connectivity index (χ0n) is 14.5. The largest absolute Gasteiger partial charge is 0.467 e. The molecule has 23 heavy (non-hydrogen) atoms. The molecule has 1 aromatic carbocycles. The minimum atomic E-state index is -0.598. The maximum Gasteiger partial charge on any atom is 0.411 e. The number of aryl methyl sites for hydroxylation is 1. The first-order chi connectivity index (χ1) is 10.7. The van der Waals surface area contributed by atoms with E-state index in [4.69, 9.17) is 9.47 Å². The average molecular weight is 319 g/mol. The van der Waals surface area contributed by atoms with Crippen LogP contribution in [-0.4, -0.2) is 42.3 Å². The minimum absolute atomic E-state index is 0.103. The normalized spacial score (nSPS) is 21.2. The van der Waals surface area contributed by atoms with Gasteiger partial charge in [0.2, 0.25) is 0 Å². The number of esters is 1. The van der Waals surface area contributed by atoms with Crippen LogP contribution in [0.1, 0.15) is 44.2 Å². The Hall–Kier alpha value is -2.04. The van der Waals surface area contributed by atoms with Crippen LogP contribution in [0.5, 0.6) is 0 Å². The fourth-order valence-corrected chi connectivity index (χ4v) is 2.88. The van der Waals surface area contributed by atoms with Crippen LogP contribution in [0, 0.1) is 6.92 Å². The molecule has 0 N–H and O–H groups in total. The van der Waals surface area contributed by atoms with Crippen molar-refractivity contribution in [3.05, 3.63) is 35.4 Å². The summed E-state index contributed by atoms with van der Waals surface area (Å²) in [6.45, 7) is 7.92. The van der Waals surface area contributed by atoms with Gasteiger partial charge in [-0.3, -0.25) is 4.90 Å². The second-order valence-corrected chi connectivity index (χ2v) is 7.02. The van der Waals surface area contributed by atoms with Gasteiger partial charge in [0.05, 0.1) is 7.11 Å². The molecule has 5 nitrogen and oxygen atoms in total. The van der Waals surface area contributed by atoms with Gasteiger partial charge < -0.3 is 9.47 Å². The van der Waals surface area contributed by atoms with E-state index in [1.807, 2.05) is 45.9 Å². The molecule has 5 heteroatoms. The van der Waals surface area contributed by atoms with Crippen molar-refractivity contribution in [2.45, 2.75) is 51.7 Å². The Labute approximate surface area is 137 Å². The number of likely N-dealkylation sites (tertiary alicyclic amines) is 1. The number of nitrogens with zero attached hydrogens (tertiary/aromatic N) is 1. The van der Waals surface area contributed by atoms with Gasteiger partial charge in [-0.1, -0.05) is 29.8 Å². The van der Waals surface area contributed by atoms with E-state index in [1.165, 1.54) is 12.0 Å². The Bertz CT molecular complexity index is 591. The zero-order valence-corrected chi connectivity index (χ0v) is 14.5. The van der Waals surface area contributed by atoms with E-state index in [9.17, 15) is 9.59 Å². The number of carbonyl (C=O) groups is 2. The van der Waals surface area contributed by atoms with E-state index >= 15 is 0 Å². The summed E-state index contributed by atoms with van der Waals surface area (Å²) in [5, 5.41) is 0. The maximum absolute atomic E-state index is 12.4. The Morgan fingerprint density at radius 3 is 2.52 bits per heavy atom. The number of benzene rings is 1. The predicted octanol–water partition coefficient (Wildman–Crippen LogP) is 3.26. The van der Waals surface area contributed by atoms with Crippen LogP contribution < -0.4 is 0 Å². The molecule has 1 aliphatic rings. The number of ether oxygens (including phenoxy) is 2. The average Bonchev–Trinajstić information content (AvgIpc) is 2.90. The van der Waals surface area contributed by atoms with Crippen LogP contribution in [0.25, 0.3) is 0 Å². The van der Waals surface area contributed by atoms with Crippen LogP contribution >= 0.6 is 0 Å². The lowest BCUT2D eigenvalue weighted by atomic mass is 9.95. The topological polar surface area (TPSA) is 55.8 Å². The highest BCUT2D eigenvalue weighted by Crippen LogP contribution is 2.33. The number of carbonyl (C=O) groups excluding carboxylic acids is 2. The minimum Gasteiger partial charge on any atom is -0.467 e. The third-order valence-corrected chi connectivity index (χ3v) is 3.92. The van der Waals surface area contributed by atoms with E-state index in [-0.39, 0.29) is 5.92 Å². The molecular weight excluding hydrogens is 294 g/mol. The van der Waals surface area contributed by atoms with E-state index in [0.717, 1.165) is 11.1 Å². The van der Waals surface area contributed by atoms with Gasteiger partial charge in [0, 0.05) is 12.5 Å². The highest BCUT2D eigenvalue weighted by molar-refractivity contribution is 5.82.